The largest absolute Gasteiger partial charge is 0.190 e. The first-order valence-electron chi connectivity index (χ1n) is 7.69. The Balaban J connectivity index is 2.99. The van der Waals surface area contributed by atoms with Gasteiger partial charge in [0.1, 0.15) is 0 Å². The zero-order valence-corrected chi connectivity index (χ0v) is 14.9. The van der Waals surface area contributed by atoms with Crippen LogP contribution in [-0.4, -0.2) is 9.67 Å². The lowest BCUT2D eigenvalue weighted by atomic mass is 10.0. The third kappa shape index (κ3) is 19.2. The van der Waals surface area contributed by atoms with Crippen LogP contribution in [-0.2, 0) is 0 Å². The van der Waals surface area contributed by atoms with Gasteiger partial charge in [-0.15, -0.1) is 11.6 Å². The summed E-state index contributed by atoms with van der Waals surface area (Å²) in [5.74, 6) is 0.818. The van der Waals surface area contributed by atoms with Crippen LogP contribution in [0.25, 0.3) is 0 Å². The second-order valence-electron chi connectivity index (χ2n) is 5.30. The Hall–Kier alpha value is 1.16. The molecular weight excluding hydrogens is 322 g/mol. The summed E-state index contributed by atoms with van der Waals surface area (Å²) in [5, 5.41) is 0. The summed E-state index contributed by atoms with van der Waals surface area (Å²) < 4.78 is -1.05. The van der Waals surface area contributed by atoms with Crippen LogP contribution < -0.4 is 0 Å². The minimum absolute atomic E-state index is 0.681. The highest BCUT2D eigenvalue weighted by molar-refractivity contribution is 6.67. The topological polar surface area (TPSA) is 0 Å². The lowest BCUT2D eigenvalue weighted by molar-refractivity contribution is 0.540. The third-order valence-electron chi connectivity index (χ3n) is 3.34. The summed E-state index contributed by atoms with van der Waals surface area (Å²) in [4.78, 5) is 0. The molecule has 0 aromatic heterocycles. The van der Waals surface area contributed by atoms with E-state index in [-0.39, 0.29) is 0 Å². The molecule has 0 atom stereocenters. The van der Waals surface area contributed by atoms with Gasteiger partial charge in [-0.05, 0) is 19.3 Å². The molecule has 0 amide bonds. The Morgan fingerprint density at radius 3 is 1.11 bits per heavy atom. The lowest BCUT2D eigenvalue weighted by Gasteiger charge is -2.09. The average Bonchev–Trinajstić information content (AvgIpc) is 2.34. The van der Waals surface area contributed by atoms with Gasteiger partial charge < -0.3 is 0 Å². The smallest absolute Gasteiger partial charge is 0.127 e. The molecule has 0 aromatic rings. The van der Waals surface area contributed by atoms with Gasteiger partial charge >= 0.3 is 0 Å². The van der Waals surface area contributed by atoms with Crippen molar-refractivity contribution < 1.29 is 0 Å². The molecule has 0 fully saturated rings. The number of rotatable bonds is 13. The van der Waals surface area contributed by atoms with Crippen LogP contribution in [0, 0.1) is 0 Å². The van der Waals surface area contributed by atoms with Crippen LogP contribution in [0.4, 0.5) is 0 Å². The maximum atomic E-state index is 5.70. The molecule has 0 aliphatic rings. The first kappa shape index (κ1) is 20.2. The zero-order chi connectivity index (χ0) is 14.4. The van der Waals surface area contributed by atoms with Gasteiger partial charge in [-0.3, -0.25) is 0 Å². The summed E-state index contributed by atoms with van der Waals surface area (Å²) >= 11 is 22.7. The fraction of sp³-hybridized carbons (Fsp3) is 1.00. The molecule has 0 radical (unpaired) electrons. The summed E-state index contributed by atoms with van der Waals surface area (Å²) in [6.45, 7) is 0. The number of unbranched alkanes of at least 4 members (excludes halogenated alkanes) is 11. The van der Waals surface area contributed by atoms with Crippen LogP contribution >= 0.6 is 46.4 Å². The van der Waals surface area contributed by atoms with Crippen molar-refractivity contribution in [2.24, 2.45) is 0 Å². The quantitative estimate of drug-likeness (QED) is 0.236. The fourth-order valence-electron chi connectivity index (χ4n) is 2.19. The van der Waals surface area contributed by atoms with Gasteiger partial charge in [0.15, 0.2) is 3.79 Å². The molecule has 0 unspecified atom stereocenters. The van der Waals surface area contributed by atoms with E-state index in [1.54, 1.807) is 0 Å². The van der Waals surface area contributed by atoms with Crippen LogP contribution in [0.15, 0.2) is 0 Å². The van der Waals surface area contributed by atoms with Crippen molar-refractivity contribution in [3.8, 4) is 0 Å². The number of halogens is 4. The molecule has 0 aliphatic heterocycles. The van der Waals surface area contributed by atoms with E-state index in [0.29, 0.717) is 6.42 Å². The van der Waals surface area contributed by atoms with Crippen molar-refractivity contribution in [1.82, 2.24) is 0 Å². The van der Waals surface area contributed by atoms with Gasteiger partial charge in [-0.1, -0.05) is 99.0 Å². The molecule has 116 valence electrons. The molecule has 0 heterocycles. The van der Waals surface area contributed by atoms with Gasteiger partial charge in [-0.2, -0.15) is 0 Å². The average molecular weight is 350 g/mol. The maximum Gasteiger partial charge on any atom is 0.190 e. The van der Waals surface area contributed by atoms with Crippen molar-refractivity contribution in [3.63, 3.8) is 0 Å². The highest BCUT2D eigenvalue weighted by Gasteiger charge is 2.17. The molecular formula is C15H28Cl4. The van der Waals surface area contributed by atoms with E-state index in [1.807, 2.05) is 0 Å². The van der Waals surface area contributed by atoms with E-state index in [9.17, 15) is 0 Å². The Morgan fingerprint density at radius 1 is 0.474 bits per heavy atom. The van der Waals surface area contributed by atoms with Crippen molar-refractivity contribution >= 4 is 46.4 Å². The molecule has 0 spiro atoms. The molecule has 0 rings (SSSR count). The van der Waals surface area contributed by atoms with E-state index in [2.05, 4.69) is 0 Å². The van der Waals surface area contributed by atoms with Gasteiger partial charge in [-0.25, -0.2) is 0 Å². The minimum Gasteiger partial charge on any atom is -0.127 e. The zero-order valence-electron chi connectivity index (χ0n) is 11.9. The summed E-state index contributed by atoms with van der Waals surface area (Å²) in [7, 11) is 0. The molecule has 0 aromatic carbocycles. The highest BCUT2D eigenvalue weighted by atomic mass is 35.6. The van der Waals surface area contributed by atoms with Crippen molar-refractivity contribution in [2.75, 3.05) is 5.88 Å². The van der Waals surface area contributed by atoms with Crippen molar-refractivity contribution in [2.45, 2.75) is 87.3 Å². The van der Waals surface area contributed by atoms with Crippen LogP contribution in [0.1, 0.15) is 83.5 Å². The van der Waals surface area contributed by atoms with Gasteiger partial charge in [0.05, 0.1) is 0 Å². The number of alkyl halides is 4. The predicted molar refractivity (Wildman–Crippen MR) is 91.0 cm³/mol. The molecule has 19 heavy (non-hydrogen) atoms. The molecule has 0 N–H and O–H groups in total. The summed E-state index contributed by atoms with van der Waals surface area (Å²) in [6, 6.07) is 0. The number of hydrogen-bond acceptors (Lipinski definition) is 0. The Kier molecular flexibility index (Phi) is 15.0. The van der Waals surface area contributed by atoms with E-state index >= 15 is 0 Å². The monoisotopic (exact) mass is 348 g/mol. The molecule has 0 saturated carbocycles. The third-order valence-corrected chi connectivity index (χ3v) is 4.18. The van der Waals surface area contributed by atoms with Crippen LogP contribution in [0.3, 0.4) is 0 Å². The molecule has 0 bridgehead atoms. The predicted octanol–water partition coefficient (Wildman–Crippen LogP) is 7.67. The fourth-order valence-corrected chi connectivity index (χ4v) is 2.78. The summed E-state index contributed by atoms with van der Waals surface area (Å²) in [5.41, 5.74) is 0. The van der Waals surface area contributed by atoms with E-state index in [4.69, 9.17) is 46.4 Å². The Morgan fingerprint density at radius 2 is 0.789 bits per heavy atom. The molecule has 0 saturated heterocycles. The first-order chi connectivity index (χ1) is 9.06. The normalized spacial score (nSPS) is 12.0. The molecule has 4 heteroatoms. The van der Waals surface area contributed by atoms with E-state index in [0.717, 1.165) is 12.3 Å². The van der Waals surface area contributed by atoms with Gasteiger partial charge in [0.2, 0.25) is 0 Å². The second-order valence-corrected chi connectivity index (χ2v) is 8.19. The van der Waals surface area contributed by atoms with Crippen LogP contribution in [0.5, 0.6) is 0 Å². The SMILES string of the molecule is ClCCCCCCCCCCCCCCC(Cl)(Cl)Cl. The van der Waals surface area contributed by atoms with E-state index < -0.39 is 3.79 Å². The lowest BCUT2D eigenvalue weighted by Crippen LogP contribution is -2.00. The molecule has 0 aliphatic carbocycles. The van der Waals surface area contributed by atoms with Crippen molar-refractivity contribution in [3.05, 3.63) is 0 Å². The second kappa shape index (κ2) is 14.1. The highest BCUT2D eigenvalue weighted by Crippen LogP contribution is 2.32. The molecule has 0 nitrogen and oxygen atoms in total. The first-order valence-corrected chi connectivity index (χ1v) is 9.36. The number of hydrogen-bond donors (Lipinski definition) is 0. The van der Waals surface area contributed by atoms with Gasteiger partial charge in [0, 0.05) is 5.88 Å². The van der Waals surface area contributed by atoms with Crippen LogP contribution in [0.2, 0.25) is 0 Å². The maximum absolute atomic E-state index is 5.70. The summed E-state index contributed by atoms with van der Waals surface area (Å²) in [6.07, 6.45) is 16.2. The van der Waals surface area contributed by atoms with Crippen molar-refractivity contribution in [1.29, 1.82) is 0 Å². The van der Waals surface area contributed by atoms with E-state index in [1.165, 1.54) is 70.6 Å². The van der Waals surface area contributed by atoms with Gasteiger partial charge in [0.25, 0.3) is 0 Å². The Bertz CT molecular complexity index is 177. The standard InChI is InChI=1S/C15H28Cl4/c16-14-12-10-8-6-4-2-1-3-5-7-9-11-13-15(17,18)19/h1-14H2. The minimum atomic E-state index is -1.05. The Labute approximate surface area is 139 Å².